The summed E-state index contributed by atoms with van der Waals surface area (Å²) in [6, 6.07) is 9.70. The van der Waals surface area contributed by atoms with Crippen LogP contribution in [0.1, 0.15) is 24.3 Å². The molecule has 10 nitrogen and oxygen atoms in total. The fraction of sp³-hybridized carbons (Fsp3) is 0.348. The lowest BCUT2D eigenvalue weighted by molar-refractivity contribution is 0.150. The van der Waals surface area contributed by atoms with Crippen LogP contribution in [0.3, 0.4) is 0 Å². The quantitative estimate of drug-likeness (QED) is 0.352. The van der Waals surface area contributed by atoms with Crippen molar-refractivity contribution in [2.45, 2.75) is 29.7 Å². The maximum atomic E-state index is 13.3. The summed E-state index contributed by atoms with van der Waals surface area (Å²) in [6.45, 7) is 2.93. The van der Waals surface area contributed by atoms with Gasteiger partial charge < -0.3 is 14.4 Å². The first kappa shape index (κ1) is 24.0. The predicted octanol–water partition coefficient (Wildman–Crippen LogP) is 3.20. The summed E-state index contributed by atoms with van der Waals surface area (Å²) >= 11 is -0.902. The van der Waals surface area contributed by atoms with Crippen LogP contribution in [0.25, 0.3) is 16.0 Å². The maximum Gasteiger partial charge on any atom is 0.291 e. The van der Waals surface area contributed by atoms with Crippen molar-refractivity contribution in [3.05, 3.63) is 47.9 Å². The van der Waals surface area contributed by atoms with Gasteiger partial charge in [0.25, 0.3) is 6.43 Å². The Kier molecular flexibility index (Phi) is 6.15. The normalized spacial score (nSPS) is 17.8. The Balaban J connectivity index is 1.36. The molecular formula is C23H21F2N9OS2. The zero-order valence-corrected chi connectivity index (χ0v) is 21.1. The molecule has 1 aliphatic heterocycles. The molecule has 0 amide bonds. The van der Waals surface area contributed by atoms with Crippen LogP contribution in [0.4, 0.5) is 20.2 Å². The minimum Gasteiger partial charge on any atom is -0.593 e. The van der Waals surface area contributed by atoms with Gasteiger partial charge in [-0.3, -0.25) is 4.98 Å². The molecule has 14 heteroatoms. The van der Waals surface area contributed by atoms with Crippen LogP contribution in [0.5, 0.6) is 0 Å². The number of hydrogen-bond donors (Lipinski definition) is 1. The molecule has 2 aliphatic rings. The van der Waals surface area contributed by atoms with Crippen molar-refractivity contribution in [3.63, 3.8) is 0 Å². The SMILES string of the molecule is N#CC1(N[S+]([O-])c2cc(N3CCN(c4cccnc4)CC3)c3cnn(-c4nnc(C(F)F)s4)c3c2)CC1. The number of nitriles is 1. The van der Waals surface area contributed by atoms with E-state index in [1.165, 1.54) is 4.68 Å². The van der Waals surface area contributed by atoms with Crippen molar-refractivity contribution >= 4 is 45.0 Å². The zero-order valence-electron chi connectivity index (χ0n) is 19.4. The Morgan fingerprint density at radius 3 is 2.57 bits per heavy atom. The van der Waals surface area contributed by atoms with Crippen LogP contribution < -0.4 is 14.5 Å². The van der Waals surface area contributed by atoms with Crippen molar-refractivity contribution in [3.8, 4) is 11.2 Å². The third kappa shape index (κ3) is 4.59. The highest BCUT2D eigenvalue weighted by molar-refractivity contribution is 7.89. The van der Waals surface area contributed by atoms with E-state index in [4.69, 9.17) is 0 Å². The lowest BCUT2D eigenvalue weighted by atomic mass is 10.1. The summed E-state index contributed by atoms with van der Waals surface area (Å²) in [5.41, 5.74) is 1.69. The number of rotatable bonds is 7. The number of hydrogen-bond acceptors (Lipinski definition) is 10. The molecule has 1 aromatic carbocycles. The standard InChI is InChI=1S/C23H21F2N9OS2/c24-20(25)21-29-30-22(36-21)34-19-11-16(37(35)31-23(14-26)3-4-23)10-18(17(19)13-28-34)33-8-6-32(7-9-33)15-2-1-5-27-12-15/h1-2,5,10-13,20,31H,3-4,6-9H2. The first-order valence-corrected chi connectivity index (χ1v) is 13.6. The van der Waals surface area contributed by atoms with Gasteiger partial charge in [-0.15, -0.1) is 14.9 Å². The van der Waals surface area contributed by atoms with Gasteiger partial charge in [-0.25, -0.2) is 13.5 Å². The van der Waals surface area contributed by atoms with Gasteiger partial charge in [0.15, 0.2) is 9.90 Å². The summed E-state index contributed by atoms with van der Waals surface area (Å²) in [7, 11) is 0. The number of pyridine rings is 1. The number of nitrogens with zero attached hydrogens (tertiary/aromatic N) is 8. The van der Waals surface area contributed by atoms with Crippen LogP contribution in [0.2, 0.25) is 0 Å². The maximum absolute atomic E-state index is 13.3. The zero-order chi connectivity index (χ0) is 25.6. The first-order valence-electron chi connectivity index (χ1n) is 11.6. The van der Waals surface area contributed by atoms with E-state index >= 15 is 0 Å². The van der Waals surface area contributed by atoms with Crippen molar-refractivity contribution in [1.29, 1.82) is 5.26 Å². The van der Waals surface area contributed by atoms with Crippen molar-refractivity contribution in [2.24, 2.45) is 0 Å². The predicted molar refractivity (Wildman–Crippen MR) is 135 cm³/mol. The van der Waals surface area contributed by atoms with E-state index in [1.54, 1.807) is 18.5 Å². The highest BCUT2D eigenvalue weighted by atomic mass is 32.2. The van der Waals surface area contributed by atoms with Crippen molar-refractivity contribution < 1.29 is 13.3 Å². The molecule has 0 bridgehead atoms. The number of piperazine rings is 1. The number of alkyl halides is 2. The van der Waals surface area contributed by atoms with Gasteiger partial charge in [0.2, 0.25) is 5.13 Å². The largest absolute Gasteiger partial charge is 0.593 e. The molecule has 1 unspecified atom stereocenters. The molecular weight excluding hydrogens is 520 g/mol. The summed E-state index contributed by atoms with van der Waals surface area (Å²) in [6.07, 6.45) is 3.80. The molecule has 3 aromatic heterocycles. The summed E-state index contributed by atoms with van der Waals surface area (Å²) in [4.78, 5) is 9.13. The second-order valence-electron chi connectivity index (χ2n) is 8.91. The minimum atomic E-state index is -2.73. The third-order valence-electron chi connectivity index (χ3n) is 6.54. The van der Waals surface area contributed by atoms with E-state index in [0.29, 0.717) is 36.3 Å². The number of halogens is 2. The molecule has 1 saturated heterocycles. The third-order valence-corrected chi connectivity index (χ3v) is 8.68. The molecule has 4 heterocycles. The van der Waals surface area contributed by atoms with Gasteiger partial charge in [0.05, 0.1) is 46.7 Å². The van der Waals surface area contributed by atoms with Crippen LogP contribution in [0, 0.1) is 11.3 Å². The van der Waals surface area contributed by atoms with Gasteiger partial charge in [-0.1, -0.05) is 11.3 Å². The topological polar surface area (TPSA) is 122 Å². The van der Waals surface area contributed by atoms with Gasteiger partial charge in [-0.2, -0.15) is 10.4 Å². The molecule has 1 aliphatic carbocycles. The molecule has 1 saturated carbocycles. The van der Waals surface area contributed by atoms with Crippen LogP contribution in [-0.4, -0.2) is 61.2 Å². The Labute approximate surface area is 217 Å². The molecule has 2 fully saturated rings. The fourth-order valence-electron chi connectivity index (χ4n) is 4.35. The second-order valence-corrected chi connectivity index (χ2v) is 11.1. The van der Waals surface area contributed by atoms with Gasteiger partial charge in [0.1, 0.15) is 5.54 Å². The Bertz CT molecular complexity index is 1460. The Hall–Kier alpha value is -3.38. The molecule has 0 spiro atoms. The van der Waals surface area contributed by atoms with E-state index in [-0.39, 0.29) is 5.13 Å². The van der Waals surface area contributed by atoms with Crippen LogP contribution >= 0.6 is 11.3 Å². The van der Waals surface area contributed by atoms with Crippen LogP contribution in [-0.2, 0) is 11.4 Å². The monoisotopic (exact) mass is 541 g/mol. The van der Waals surface area contributed by atoms with E-state index in [2.05, 4.69) is 40.9 Å². The summed E-state index contributed by atoms with van der Waals surface area (Å²) < 4.78 is 44.0. The van der Waals surface area contributed by atoms with Gasteiger partial charge >= 0.3 is 0 Å². The summed E-state index contributed by atoms with van der Waals surface area (Å²) in [5.74, 6) is 0. The first-order chi connectivity index (χ1) is 18.0. The number of aromatic nitrogens is 5. The van der Waals surface area contributed by atoms with E-state index in [1.807, 2.05) is 24.4 Å². The van der Waals surface area contributed by atoms with E-state index < -0.39 is 28.3 Å². The van der Waals surface area contributed by atoms with E-state index in [9.17, 15) is 18.6 Å². The number of fused-ring (bicyclic) bond motifs is 1. The molecule has 4 aromatic rings. The molecule has 37 heavy (non-hydrogen) atoms. The second kappa shape index (κ2) is 9.49. The van der Waals surface area contributed by atoms with Crippen molar-refractivity contribution in [2.75, 3.05) is 36.0 Å². The van der Waals surface area contributed by atoms with E-state index in [0.717, 1.165) is 41.2 Å². The number of nitrogens with one attached hydrogen (secondary N) is 1. The van der Waals surface area contributed by atoms with Crippen LogP contribution in [0.15, 0.2) is 47.8 Å². The van der Waals surface area contributed by atoms with Crippen molar-refractivity contribution in [1.82, 2.24) is 29.7 Å². The average molecular weight is 542 g/mol. The summed E-state index contributed by atoms with van der Waals surface area (Å²) in [5, 5.41) is 21.9. The molecule has 1 N–H and O–H groups in total. The molecule has 0 radical (unpaired) electrons. The highest BCUT2D eigenvalue weighted by Gasteiger charge is 2.48. The highest BCUT2D eigenvalue weighted by Crippen LogP contribution is 2.38. The lowest BCUT2D eigenvalue weighted by Crippen LogP contribution is -2.46. The van der Waals surface area contributed by atoms with Gasteiger partial charge in [-0.05, 0) is 25.0 Å². The number of benzene rings is 1. The lowest BCUT2D eigenvalue weighted by Gasteiger charge is -2.37. The smallest absolute Gasteiger partial charge is 0.291 e. The minimum absolute atomic E-state index is 0.198. The average Bonchev–Trinajstić information content (AvgIpc) is 3.32. The van der Waals surface area contributed by atoms with Gasteiger partial charge in [0, 0.05) is 49.9 Å². The molecule has 6 rings (SSSR count). The molecule has 190 valence electrons. The molecule has 1 atom stereocenters. The fourth-order valence-corrected chi connectivity index (χ4v) is 6.18. The Morgan fingerprint density at radius 1 is 1.14 bits per heavy atom. The Morgan fingerprint density at radius 2 is 1.92 bits per heavy atom. The number of anilines is 2.